The SMILES string of the molecule is Cc1oc(-c2ccccc2)cc1C#Cc1ccccc1. The van der Waals surface area contributed by atoms with Crippen LogP contribution in [0.25, 0.3) is 11.3 Å². The van der Waals surface area contributed by atoms with Crippen LogP contribution < -0.4 is 0 Å². The molecule has 96 valence electrons. The maximum atomic E-state index is 5.79. The highest BCUT2D eigenvalue weighted by Crippen LogP contribution is 2.24. The zero-order chi connectivity index (χ0) is 13.8. The van der Waals surface area contributed by atoms with E-state index < -0.39 is 0 Å². The molecule has 0 saturated heterocycles. The van der Waals surface area contributed by atoms with Crippen LogP contribution in [-0.2, 0) is 0 Å². The van der Waals surface area contributed by atoms with E-state index in [4.69, 9.17) is 4.42 Å². The molecule has 0 fully saturated rings. The molecule has 0 atom stereocenters. The van der Waals surface area contributed by atoms with Gasteiger partial charge in [0, 0.05) is 17.2 Å². The molecule has 0 aliphatic heterocycles. The van der Waals surface area contributed by atoms with Gasteiger partial charge < -0.3 is 4.42 Å². The Labute approximate surface area is 118 Å². The van der Waals surface area contributed by atoms with Crippen molar-refractivity contribution < 1.29 is 4.42 Å². The van der Waals surface area contributed by atoms with Gasteiger partial charge in [-0.05, 0) is 19.1 Å². The van der Waals surface area contributed by atoms with Gasteiger partial charge in [-0.1, -0.05) is 60.4 Å². The van der Waals surface area contributed by atoms with Crippen LogP contribution in [-0.4, -0.2) is 0 Å². The summed E-state index contributed by atoms with van der Waals surface area (Å²) in [6, 6.07) is 22.0. The predicted molar refractivity (Wildman–Crippen MR) is 81.3 cm³/mol. The fourth-order valence-corrected chi connectivity index (χ4v) is 2.01. The Balaban J connectivity index is 1.93. The van der Waals surface area contributed by atoms with Crippen molar-refractivity contribution in [1.82, 2.24) is 0 Å². The van der Waals surface area contributed by atoms with Crippen LogP contribution in [0.15, 0.2) is 71.1 Å². The summed E-state index contributed by atoms with van der Waals surface area (Å²) in [7, 11) is 0. The van der Waals surface area contributed by atoms with Crippen LogP contribution in [0.3, 0.4) is 0 Å². The van der Waals surface area contributed by atoms with Crippen LogP contribution in [0.2, 0.25) is 0 Å². The topological polar surface area (TPSA) is 13.1 Å². The number of aryl methyl sites for hydroxylation is 1. The summed E-state index contributed by atoms with van der Waals surface area (Å²) in [5.41, 5.74) is 3.02. The van der Waals surface area contributed by atoms with E-state index in [1.807, 2.05) is 73.7 Å². The first-order valence-electron chi connectivity index (χ1n) is 6.56. The quantitative estimate of drug-likeness (QED) is 0.579. The van der Waals surface area contributed by atoms with Gasteiger partial charge in [0.1, 0.15) is 11.5 Å². The van der Waals surface area contributed by atoms with Crippen LogP contribution in [0.5, 0.6) is 0 Å². The smallest absolute Gasteiger partial charge is 0.135 e. The van der Waals surface area contributed by atoms with Gasteiger partial charge in [0.05, 0.1) is 5.56 Å². The summed E-state index contributed by atoms with van der Waals surface area (Å²) >= 11 is 0. The molecule has 0 radical (unpaired) electrons. The largest absolute Gasteiger partial charge is 0.460 e. The van der Waals surface area contributed by atoms with Crippen molar-refractivity contribution in [3.05, 3.63) is 83.6 Å². The van der Waals surface area contributed by atoms with Gasteiger partial charge in [-0.2, -0.15) is 0 Å². The Morgan fingerprint density at radius 2 is 1.45 bits per heavy atom. The Hall–Kier alpha value is -2.72. The molecule has 0 spiro atoms. The van der Waals surface area contributed by atoms with Crippen molar-refractivity contribution in [2.45, 2.75) is 6.92 Å². The molecule has 0 N–H and O–H groups in total. The second-order valence-corrected chi connectivity index (χ2v) is 4.56. The van der Waals surface area contributed by atoms with Gasteiger partial charge in [0.25, 0.3) is 0 Å². The Morgan fingerprint density at radius 3 is 2.15 bits per heavy atom. The first-order chi connectivity index (χ1) is 9.83. The lowest BCUT2D eigenvalue weighted by atomic mass is 10.1. The Bertz CT molecular complexity index is 756. The number of hydrogen-bond acceptors (Lipinski definition) is 1. The van der Waals surface area contributed by atoms with E-state index in [2.05, 4.69) is 11.8 Å². The zero-order valence-electron chi connectivity index (χ0n) is 11.3. The molecule has 0 aliphatic carbocycles. The van der Waals surface area contributed by atoms with Gasteiger partial charge >= 0.3 is 0 Å². The lowest BCUT2D eigenvalue weighted by molar-refractivity contribution is 0.547. The van der Waals surface area contributed by atoms with E-state index in [9.17, 15) is 0 Å². The highest BCUT2D eigenvalue weighted by atomic mass is 16.3. The maximum absolute atomic E-state index is 5.79. The first-order valence-corrected chi connectivity index (χ1v) is 6.56. The van der Waals surface area contributed by atoms with E-state index in [0.717, 1.165) is 28.2 Å². The molecule has 2 aromatic carbocycles. The van der Waals surface area contributed by atoms with Crippen LogP contribution in [0.4, 0.5) is 0 Å². The monoisotopic (exact) mass is 258 g/mol. The molecule has 0 bridgehead atoms. The molecule has 20 heavy (non-hydrogen) atoms. The van der Waals surface area contributed by atoms with Gasteiger partial charge in [0.15, 0.2) is 0 Å². The fourth-order valence-electron chi connectivity index (χ4n) is 2.01. The van der Waals surface area contributed by atoms with Gasteiger partial charge in [0.2, 0.25) is 0 Å². The summed E-state index contributed by atoms with van der Waals surface area (Å²) in [5.74, 6) is 8.05. The molecular formula is C19H14O. The minimum atomic E-state index is 0.854. The molecular weight excluding hydrogens is 244 g/mol. The minimum Gasteiger partial charge on any atom is -0.460 e. The van der Waals surface area contributed by atoms with Crippen LogP contribution in [0, 0.1) is 18.8 Å². The number of furan rings is 1. The second-order valence-electron chi connectivity index (χ2n) is 4.56. The van der Waals surface area contributed by atoms with Crippen molar-refractivity contribution in [2.75, 3.05) is 0 Å². The van der Waals surface area contributed by atoms with Crippen LogP contribution in [0.1, 0.15) is 16.9 Å². The van der Waals surface area contributed by atoms with Gasteiger partial charge in [-0.3, -0.25) is 0 Å². The van der Waals surface area contributed by atoms with Gasteiger partial charge in [-0.25, -0.2) is 0 Å². The summed E-state index contributed by atoms with van der Waals surface area (Å²) in [4.78, 5) is 0. The van der Waals surface area contributed by atoms with E-state index in [0.29, 0.717) is 0 Å². The van der Waals surface area contributed by atoms with Crippen molar-refractivity contribution in [3.63, 3.8) is 0 Å². The van der Waals surface area contributed by atoms with E-state index in [1.165, 1.54) is 0 Å². The molecule has 1 heterocycles. The molecule has 1 aromatic heterocycles. The standard InChI is InChI=1S/C19H14O/c1-15-18(13-12-16-8-4-2-5-9-16)14-19(20-15)17-10-6-3-7-11-17/h2-11,14H,1H3. The van der Waals surface area contributed by atoms with Crippen molar-refractivity contribution in [2.24, 2.45) is 0 Å². The third kappa shape index (κ3) is 2.65. The normalized spacial score (nSPS) is 9.85. The van der Waals surface area contributed by atoms with Crippen LogP contribution >= 0.6 is 0 Å². The van der Waals surface area contributed by atoms with E-state index in [1.54, 1.807) is 0 Å². The second kappa shape index (κ2) is 5.50. The molecule has 3 aromatic rings. The highest BCUT2D eigenvalue weighted by Gasteiger charge is 2.06. The fraction of sp³-hybridized carbons (Fsp3) is 0.0526. The van der Waals surface area contributed by atoms with Crippen molar-refractivity contribution >= 4 is 0 Å². The Morgan fingerprint density at radius 1 is 0.800 bits per heavy atom. The molecule has 0 aliphatic rings. The molecule has 0 saturated carbocycles. The Kier molecular flexibility index (Phi) is 3.39. The minimum absolute atomic E-state index is 0.854. The first kappa shape index (κ1) is 12.3. The predicted octanol–water partition coefficient (Wildman–Crippen LogP) is 4.65. The average molecular weight is 258 g/mol. The third-order valence-electron chi connectivity index (χ3n) is 3.09. The average Bonchev–Trinajstić information content (AvgIpc) is 2.88. The highest BCUT2D eigenvalue weighted by molar-refractivity contribution is 5.61. The summed E-state index contributed by atoms with van der Waals surface area (Å²) in [6.07, 6.45) is 0. The summed E-state index contributed by atoms with van der Waals surface area (Å²) in [6.45, 7) is 1.95. The third-order valence-corrected chi connectivity index (χ3v) is 3.09. The summed E-state index contributed by atoms with van der Waals surface area (Å²) in [5, 5.41) is 0. The number of benzene rings is 2. The maximum Gasteiger partial charge on any atom is 0.135 e. The van der Waals surface area contributed by atoms with Gasteiger partial charge in [-0.15, -0.1) is 0 Å². The molecule has 0 unspecified atom stereocenters. The van der Waals surface area contributed by atoms with E-state index in [-0.39, 0.29) is 0 Å². The van der Waals surface area contributed by atoms with E-state index >= 15 is 0 Å². The van der Waals surface area contributed by atoms with Crippen molar-refractivity contribution in [1.29, 1.82) is 0 Å². The molecule has 1 heteroatoms. The lowest BCUT2D eigenvalue weighted by Crippen LogP contribution is -1.74. The lowest BCUT2D eigenvalue weighted by Gasteiger charge is -1.93. The zero-order valence-corrected chi connectivity index (χ0v) is 11.3. The number of hydrogen-bond donors (Lipinski definition) is 0. The molecule has 1 nitrogen and oxygen atoms in total. The van der Waals surface area contributed by atoms with Crippen molar-refractivity contribution in [3.8, 4) is 23.2 Å². The summed E-state index contributed by atoms with van der Waals surface area (Å²) < 4.78 is 5.79. The number of rotatable bonds is 1. The molecule has 0 amide bonds. The molecule has 3 rings (SSSR count).